The minimum Gasteiger partial charge on any atom is -0.294 e. The van der Waals surface area contributed by atoms with Gasteiger partial charge in [-0.05, 0) is 35.2 Å². The Morgan fingerprint density at radius 1 is 0.857 bits per heavy atom. The van der Waals surface area contributed by atoms with E-state index in [4.69, 9.17) is 0 Å². The number of Topliss-reactive ketones (excluding diaryl/α,β-unsaturated/α-hetero) is 1. The van der Waals surface area contributed by atoms with Crippen molar-refractivity contribution in [2.24, 2.45) is 5.92 Å². The topological polar surface area (TPSA) is 51.2 Å². The first-order valence-corrected chi connectivity index (χ1v) is 13.6. The summed E-state index contributed by atoms with van der Waals surface area (Å²) in [5.41, 5.74) is -5.22. The van der Waals surface area contributed by atoms with Gasteiger partial charge in [0.15, 0.2) is 15.6 Å². The van der Waals surface area contributed by atoms with E-state index in [0.29, 0.717) is 31.2 Å². The van der Waals surface area contributed by atoms with Gasteiger partial charge in [0.1, 0.15) is 11.6 Å². The average Bonchev–Trinajstić information content (AvgIpc) is 2.74. The van der Waals surface area contributed by atoms with Gasteiger partial charge < -0.3 is 0 Å². The van der Waals surface area contributed by atoms with E-state index in [1.807, 2.05) is 0 Å². The van der Waals surface area contributed by atoms with Crippen molar-refractivity contribution < 1.29 is 65.9 Å². The summed E-state index contributed by atoms with van der Waals surface area (Å²) in [7, 11) is -4.72. The molecule has 0 bridgehead atoms. The summed E-state index contributed by atoms with van der Waals surface area (Å²) in [5, 5.41) is 0. The molecule has 42 heavy (non-hydrogen) atoms. The van der Waals surface area contributed by atoms with Gasteiger partial charge in [-0.25, -0.2) is 21.6 Å². The van der Waals surface area contributed by atoms with Crippen molar-refractivity contribution >= 4 is 21.7 Å². The van der Waals surface area contributed by atoms with Crippen LogP contribution in [-0.4, -0.2) is 37.8 Å². The van der Waals surface area contributed by atoms with E-state index in [9.17, 15) is 65.9 Å². The van der Waals surface area contributed by atoms with E-state index in [2.05, 4.69) is 0 Å². The van der Waals surface area contributed by atoms with Gasteiger partial charge in [-0.2, -0.15) is 39.5 Å². The van der Waals surface area contributed by atoms with E-state index in [1.165, 1.54) is 0 Å². The number of carbonyl (C=O) groups is 1. The van der Waals surface area contributed by atoms with Gasteiger partial charge in [0, 0.05) is 18.9 Å². The number of benzene rings is 2. The fourth-order valence-electron chi connectivity index (χ4n) is 4.11. The van der Waals surface area contributed by atoms with Crippen LogP contribution in [0.1, 0.15) is 58.8 Å². The van der Waals surface area contributed by atoms with Gasteiger partial charge in [-0.3, -0.25) is 4.79 Å². The smallest absolute Gasteiger partial charge is 0.294 e. The maximum Gasteiger partial charge on any atom is 0.419 e. The predicted molar refractivity (Wildman–Crippen MR) is 128 cm³/mol. The number of hydrogen-bond acceptors (Lipinski definition) is 3. The lowest BCUT2D eigenvalue weighted by molar-refractivity contribution is -0.140. The maximum atomic E-state index is 14.3. The van der Waals surface area contributed by atoms with Gasteiger partial charge in [-0.1, -0.05) is 37.3 Å². The molecule has 16 heteroatoms. The van der Waals surface area contributed by atoms with Crippen LogP contribution >= 0.6 is 0 Å². The quantitative estimate of drug-likeness (QED) is 0.193. The Morgan fingerprint density at radius 2 is 1.43 bits per heavy atom. The molecule has 0 spiro atoms. The van der Waals surface area contributed by atoms with Crippen LogP contribution in [0.3, 0.4) is 0 Å². The molecule has 0 aromatic heterocycles. The summed E-state index contributed by atoms with van der Waals surface area (Å²) in [6.45, 7) is 1.42. The minimum absolute atomic E-state index is 0.230. The molecule has 2 aromatic carbocycles. The molecule has 0 N–H and O–H groups in total. The largest absolute Gasteiger partial charge is 0.419 e. The van der Waals surface area contributed by atoms with Crippen molar-refractivity contribution in [1.82, 2.24) is 0 Å². The zero-order valence-electron chi connectivity index (χ0n) is 21.6. The van der Waals surface area contributed by atoms with Crippen LogP contribution < -0.4 is 0 Å². The van der Waals surface area contributed by atoms with Crippen LogP contribution in [0.25, 0.3) is 6.08 Å². The standard InChI is InChI=1S/C26H22F12O3S/c1-14(12-42(40,41)13-24(30,31)32)9-22(39)17-6-3-15(10-20(17)26(36,37)38)4-7-18(23(2,28)29)16-5-8-19(21(27)11-16)25(33,34)35/h3-8,10-11,14,18H,9,12-13H2,1-2H3/b7-4+/t14-,18?/m0/s1. The van der Waals surface area contributed by atoms with Crippen molar-refractivity contribution in [2.45, 2.75) is 50.6 Å². The highest BCUT2D eigenvalue weighted by molar-refractivity contribution is 7.91. The number of rotatable bonds is 10. The molecule has 0 amide bonds. The lowest BCUT2D eigenvalue weighted by Gasteiger charge is -2.22. The van der Waals surface area contributed by atoms with Crippen LogP contribution in [0.15, 0.2) is 42.5 Å². The van der Waals surface area contributed by atoms with Crippen molar-refractivity contribution in [1.29, 1.82) is 0 Å². The summed E-state index contributed by atoms with van der Waals surface area (Å²) in [6, 6.07) is 3.04. The van der Waals surface area contributed by atoms with Crippen LogP contribution in [0, 0.1) is 11.7 Å². The van der Waals surface area contributed by atoms with Gasteiger partial charge in [0.2, 0.25) is 0 Å². The molecule has 3 nitrogen and oxygen atoms in total. The highest BCUT2D eigenvalue weighted by Crippen LogP contribution is 2.39. The molecule has 0 heterocycles. The van der Waals surface area contributed by atoms with Crippen molar-refractivity contribution in [2.75, 3.05) is 11.5 Å². The number of alkyl halides is 11. The second-order valence-electron chi connectivity index (χ2n) is 9.74. The molecular formula is C26H22F12O3S. The Balaban J connectivity index is 2.39. The fourth-order valence-corrected chi connectivity index (χ4v) is 5.71. The molecule has 0 fully saturated rings. The van der Waals surface area contributed by atoms with Gasteiger partial charge >= 0.3 is 18.5 Å². The van der Waals surface area contributed by atoms with E-state index < -0.39 is 97.9 Å². The summed E-state index contributed by atoms with van der Waals surface area (Å²) < 4.78 is 183. The molecule has 2 aromatic rings. The van der Waals surface area contributed by atoms with Crippen LogP contribution in [0.2, 0.25) is 0 Å². The van der Waals surface area contributed by atoms with Gasteiger partial charge in [-0.15, -0.1) is 0 Å². The molecule has 1 unspecified atom stereocenters. The normalized spacial score (nSPS) is 15.2. The molecule has 0 aliphatic heterocycles. The number of halogens is 12. The molecule has 0 aliphatic carbocycles. The molecule has 2 atom stereocenters. The van der Waals surface area contributed by atoms with Crippen molar-refractivity contribution in [3.05, 3.63) is 76.1 Å². The molecule has 0 saturated carbocycles. The maximum absolute atomic E-state index is 14.3. The van der Waals surface area contributed by atoms with E-state index in [0.717, 1.165) is 19.1 Å². The Hall–Kier alpha value is -3.04. The van der Waals surface area contributed by atoms with Crippen molar-refractivity contribution in [3.8, 4) is 0 Å². The van der Waals surface area contributed by atoms with E-state index >= 15 is 0 Å². The molecule has 0 aliphatic rings. The molecule has 0 radical (unpaired) electrons. The summed E-state index contributed by atoms with van der Waals surface area (Å²) in [4.78, 5) is 12.6. The zero-order valence-corrected chi connectivity index (χ0v) is 22.4. The number of allylic oxidation sites excluding steroid dienone is 1. The third kappa shape index (κ3) is 10.1. The highest BCUT2D eigenvalue weighted by Gasteiger charge is 2.39. The summed E-state index contributed by atoms with van der Waals surface area (Å²) in [5.74, 6) is -13.5. The molecule has 234 valence electrons. The van der Waals surface area contributed by atoms with Gasteiger partial charge in [0.25, 0.3) is 5.92 Å². The van der Waals surface area contributed by atoms with E-state index in [1.54, 1.807) is 0 Å². The molecule has 0 saturated heterocycles. The Bertz CT molecular complexity index is 1420. The summed E-state index contributed by atoms with van der Waals surface area (Å²) >= 11 is 0. The van der Waals surface area contributed by atoms with Crippen LogP contribution in [0.5, 0.6) is 0 Å². The fraction of sp³-hybridized carbons (Fsp3) is 0.423. The Morgan fingerprint density at radius 3 is 1.90 bits per heavy atom. The SMILES string of the molecule is C[C@@H](CC(=O)c1ccc(/C=C/C(c2ccc(C(F)(F)F)c(F)c2)C(C)(F)F)cc1C(F)(F)F)CS(=O)(=O)CC(F)(F)F. The lowest BCUT2D eigenvalue weighted by atomic mass is 9.90. The predicted octanol–water partition coefficient (Wildman–Crippen LogP) is 8.50. The Kier molecular flexibility index (Phi) is 10.3. The Labute approximate surface area is 232 Å². The first-order valence-electron chi connectivity index (χ1n) is 11.7. The first kappa shape index (κ1) is 35.2. The van der Waals surface area contributed by atoms with Crippen molar-refractivity contribution in [3.63, 3.8) is 0 Å². The molecule has 2 rings (SSSR count). The summed E-state index contributed by atoms with van der Waals surface area (Å²) in [6.07, 6.45) is -14.8. The number of ketones is 1. The van der Waals surface area contributed by atoms with Gasteiger partial charge in [0.05, 0.1) is 22.8 Å². The van der Waals surface area contributed by atoms with Crippen LogP contribution in [-0.2, 0) is 22.2 Å². The lowest BCUT2D eigenvalue weighted by Crippen LogP contribution is -2.28. The minimum atomic E-state index is -5.19. The highest BCUT2D eigenvalue weighted by atomic mass is 32.2. The van der Waals surface area contributed by atoms with E-state index in [-0.39, 0.29) is 17.7 Å². The molecular weight excluding hydrogens is 620 g/mol. The number of carbonyl (C=O) groups excluding carboxylic acids is 1. The average molecular weight is 643 g/mol. The first-order chi connectivity index (χ1) is 18.8. The second-order valence-corrected chi connectivity index (χ2v) is 11.8. The third-order valence-corrected chi connectivity index (χ3v) is 7.63. The number of sulfone groups is 1. The zero-order chi connectivity index (χ0) is 32.5. The monoisotopic (exact) mass is 642 g/mol. The third-order valence-electron chi connectivity index (χ3n) is 5.79. The number of hydrogen-bond donors (Lipinski definition) is 0. The second kappa shape index (κ2) is 12.3. The van der Waals surface area contributed by atoms with Crippen LogP contribution in [0.4, 0.5) is 52.7 Å².